The first-order chi connectivity index (χ1) is 15.0. The number of carbonyl (C=O) groups is 2. The molecule has 1 fully saturated rings. The molecule has 3 N–H and O–H groups in total. The zero-order valence-electron chi connectivity index (χ0n) is 20.3. The van der Waals surface area contributed by atoms with Gasteiger partial charge in [0.15, 0.2) is 0 Å². The summed E-state index contributed by atoms with van der Waals surface area (Å²) in [6, 6.07) is 6.44. The SMILES string of the molecule is CCC(=O)C[C@H](CNC(=O)C1(N)CCC(C)(C)CC1)Cc1nc2ccc(C(C)C)cc2s1. The predicted octanol–water partition coefficient (Wildman–Crippen LogP) is 5.36. The van der Waals surface area contributed by atoms with Crippen LogP contribution in [0.2, 0.25) is 0 Å². The molecule has 6 heteroatoms. The van der Waals surface area contributed by atoms with E-state index >= 15 is 0 Å². The Morgan fingerprint density at radius 1 is 1.19 bits per heavy atom. The topological polar surface area (TPSA) is 85.1 Å². The molecule has 2 aromatic rings. The quantitative estimate of drug-likeness (QED) is 0.531. The van der Waals surface area contributed by atoms with Crippen molar-refractivity contribution in [2.24, 2.45) is 17.1 Å². The minimum atomic E-state index is -0.794. The Bertz CT molecular complexity index is 953. The molecule has 1 saturated carbocycles. The van der Waals surface area contributed by atoms with Gasteiger partial charge in [0.05, 0.1) is 20.8 Å². The molecular weight excluding hydrogens is 418 g/mol. The van der Waals surface area contributed by atoms with E-state index in [9.17, 15) is 9.59 Å². The van der Waals surface area contributed by atoms with E-state index < -0.39 is 5.54 Å². The number of nitrogens with zero attached hydrogens (tertiary/aromatic N) is 1. The summed E-state index contributed by atoms with van der Waals surface area (Å²) < 4.78 is 1.18. The Morgan fingerprint density at radius 3 is 2.50 bits per heavy atom. The lowest BCUT2D eigenvalue weighted by Gasteiger charge is -2.40. The highest BCUT2D eigenvalue weighted by molar-refractivity contribution is 7.18. The average molecular weight is 458 g/mol. The number of Topliss-reactive ketones (excluding diaryl/α,β-unsaturated/α-hetero) is 1. The van der Waals surface area contributed by atoms with Gasteiger partial charge in [-0.25, -0.2) is 4.98 Å². The first-order valence-electron chi connectivity index (χ1n) is 12.0. The molecule has 1 aromatic carbocycles. The van der Waals surface area contributed by atoms with E-state index in [1.165, 1.54) is 10.3 Å². The molecule has 1 amide bonds. The highest BCUT2D eigenvalue weighted by Gasteiger charge is 2.40. The highest BCUT2D eigenvalue weighted by Crippen LogP contribution is 2.39. The largest absolute Gasteiger partial charge is 0.354 e. The first-order valence-corrected chi connectivity index (χ1v) is 12.8. The van der Waals surface area contributed by atoms with Crippen molar-refractivity contribution >= 4 is 33.2 Å². The van der Waals surface area contributed by atoms with Crippen molar-refractivity contribution < 1.29 is 9.59 Å². The van der Waals surface area contributed by atoms with Crippen LogP contribution in [0.25, 0.3) is 10.2 Å². The standard InChI is InChI=1S/C26H39N3O2S/c1-6-20(30)13-18(16-28-24(31)26(27)11-9-25(4,5)10-12-26)14-23-29-21-8-7-19(17(2)3)15-22(21)32-23/h7-8,15,17-18H,6,9-14,16,27H2,1-5H3,(H,28,31)/t18-/m0/s1. The summed E-state index contributed by atoms with van der Waals surface area (Å²) in [6.45, 7) is 11.2. The Kier molecular flexibility index (Phi) is 7.77. The number of hydrogen-bond acceptors (Lipinski definition) is 5. The van der Waals surface area contributed by atoms with Gasteiger partial charge in [0.1, 0.15) is 5.78 Å². The number of amides is 1. The lowest BCUT2D eigenvalue weighted by atomic mass is 9.69. The average Bonchev–Trinajstić information content (AvgIpc) is 3.15. The second kappa shape index (κ2) is 10.0. The summed E-state index contributed by atoms with van der Waals surface area (Å²) in [5.41, 5.74) is 8.26. The van der Waals surface area contributed by atoms with E-state index in [0.717, 1.165) is 23.4 Å². The van der Waals surface area contributed by atoms with Crippen molar-refractivity contribution in [3.63, 3.8) is 0 Å². The van der Waals surface area contributed by atoms with Crippen LogP contribution in [-0.2, 0) is 16.0 Å². The summed E-state index contributed by atoms with van der Waals surface area (Å²) in [6.07, 6.45) is 4.98. The smallest absolute Gasteiger partial charge is 0.240 e. The van der Waals surface area contributed by atoms with Gasteiger partial charge < -0.3 is 11.1 Å². The molecule has 3 rings (SSSR count). The molecule has 176 valence electrons. The third kappa shape index (κ3) is 6.16. The van der Waals surface area contributed by atoms with E-state index in [0.29, 0.717) is 44.6 Å². The number of nitrogens with one attached hydrogen (secondary N) is 1. The van der Waals surface area contributed by atoms with Crippen LogP contribution < -0.4 is 11.1 Å². The van der Waals surface area contributed by atoms with Crippen molar-refractivity contribution in [3.05, 3.63) is 28.8 Å². The van der Waals surface area contributed by atoms with Gasteiger partial charge in [-0.1, -0.05) is 40.7 Å². The minimum absolute atomic E-state index is 0.0279. The van der Waals surface area contributed by atoms with Crippen LogP contribution in [0.3, 0.4) is 0 Å². The van der Waals surface area contributed by atoms with Gasteiger partial charge in [0.2, 0.25) is 5.91 Å². The lowest BCUT2D eigenvalue weighted by Crippen LogP contribution is -2.57. The van der Waals surface area contributed by atoms with Crippen LogP contribution in [0.4, 0.5) is 0 Å². The molecule has 0 unspecified atom stereocenters. The molecule has 1 heterocycles. The van der Waals surface area contributed by atoms with Crippen LogP contribution in [0.15, 0.2) is 18.2 Å². The Morgan fingerprint density at radius 2 is 1.88 bits per heavy atom. The lowest BCUT2D eigenvalue weighted by molar-refractivity contribution is -0.129. The number of aromatic nitrogens is 1. The van der Waals surface area contributed by atoms with Crippen LogP contribution in [0, 0.1) is 11.3 Å². The number of carbonyl (C=O) groups excluding carboxylic acids is 2. The molecule has 1 aliphatic rings. The fourth-order valence-corrected chi connectivity index (χ4v) is 5.51. The molecule has 32 heavy (non-hydrogen) atoms. The molecule has 0 bridgehead atoms. The third-order valence-corrected chi connectivity index (χ3v) is 8.04. The van der Waals surface area contributed by atoms with Gasteiger partial charge in [-0.15, -0.1) is 11.3 Å². The fourth-order valence-electron chi connectivity index (χ4n) is 4.38. The molecule has 1 aromatic heterocycles. The van der Waals surface area contributed by atoms with Gasteiger partial charge in [-0.2, -0.15) is 0 Å². The summed E-state index contributed by atoms with van der Waals surface area (Å²) in [5, 5.41) is 4.11. The maximum atomic E-state index is 13.0. The second-order valence-corrected chi connectivity index (χ2v) is 11.8. The molecule has 1 atom stereocenters. The zero-order chi connectivity index (χ0) is 23.5. The van der Waals surface area contributed by atoms with Gasteiger partial charge >= 0.3 is 0 Å². The number of thiazole rings is 1. The molecular formula is C26H39N3O2S. The minimum Gasteiger partial charge on any atom is -0.354 e. The van der Waals surface area contributed by atoms with Crippen molar-refractivity contribution in [1.29, 1.82) is 0 Å². The van der Waals surface area contributed by atoms with Crippen molar-refractivity contribution in [1.82, 2.24) is 10.3 Å². The van der Waals surface area contributed by atoms with E-state index in [4.69, 9.17) is 10.7 Å². The maximum absolute atomic E-state index is 13.0. The Hall–Kier alpha value is -1.79. The summed E-state index contributed by atoms with van der Waals surface area (Å²) in [4.78, 5) is 30.0. The molecule has 0 spiro atoms. The Labute approximate surface area is 196 Å². The first kappa shape index (κ1) is 24.8. The van der Waals surface area contributed by atoms with Gasteiger partial charge in [-0.3, -0.25) is 9.59 Å². The maximum Gasteiger partial charge on any atom is 0.240 e. The van der Waals surface area contributed by atoms with Crippen LogP contribution in [-0.4, -0.2) is 28.8 Å². The zero-order valence-corrected chi connectivity index (χ0v) is 21.1. The van der Waals surface area contributed by atoms with E-state index in [2.05, 4.69) is 51.2 Å². The summed E-state index contributed by atoms with van der Waals surface area (Å²) in [5.74, 6) is 0.645. The number of nitrogens with two attached hydrogens (primary N) is 1. The van der Waals surface area contributed by atoms with Crippen LogP contribution in [0.5, 0.6) is 0 Å². The van der Waals surface area contributed by atoms with E-state index in [1.807, 2.05) is 6.92 Å². The van der Waals surface area contributed by atoms with Crippen LogP contribution in [0.1, 0.15) is 89.6 Å². The van der Waals surface area contributed by atoms with Crippen molar-refractivity contribution in [2.45, 2.75) is 91.0 Å². The van der Waals surface area contributed by atoms with E-state index in [1.54, 1.807) is 11.3 Å². The normalized spacial score (nSPS) is 18.6. The monoisotopic (exact) mass is 457 g/mol. The number of rotatable bonds is 9. The van der Waals surface area contributed by atoms with Gasteiger partial charge in [0, 0.05) is 25.8 Å². The van der Waals surface area contributed by atoms with Crippen molar-refractivity contribution in [3.8, 4) is 0 Å². The third-order valence-electron chi connectivity index (χ3n) is 7.00. The molecule has 1 aliphatic carbocycles. The van der Waals surface area contributed by atoms with E-state index in [-0.39, 0.29) is 23.0 Å². The molecule has 5 nitrogen and oxygen atoms in total. The molecule has 0 saturated heterocycles. The van der Waals surface area contributed by atoms with Crippen LogP contribution >= 0.6 is 11.3 Å². The predicted molar refractivity (Wildman–Crippen MR) is 133 cm³/mol. The van der Waals surface area contributed by atoms with Gasteiger partial charge in [-0.05, 0) is 60.6 Å². The number of ketones is 1. The second-order valence-electron chi connectivity index (χ2n) is 10.7. The number of hydrogen-bond donors (Lipinski definition) is 2. The summed E-state index contributed by atoms with van der Waals surface area (Å²) in [7, 11) is 0. The van der Waals surface area contributed by atoms with Crippen molar-refractivity contribution in [2.75, 3.05) is 6.54 Å². The Balaban J connectivity index is 1.68. The summed E-state index contributed by atoms with van der Waals surface area (Å²) >= 11 is 1.69. The number of fused-ring (bicyclic) bond motifs is 1. The molecule has 0 radical (unpaired) electrons. The van der Waals surface area contributed by atoms with Gasteiger partial charge in [0.25, 0.3) is 0 Å². The fraction of sp³-hybridized carbons (Fsp3) is 0.654. The molecule has 0 aliphatic heterocycles. The highest BCUT2D eigenvalue weighted by atomic mass is 32.1. The number of benzene rings is 1.